The van der Waals surface area contributed by atoms with E-state index in [-0.39, 0.29) is 6.10 Å². The van der Waals surface area contributed by atoms with Gasteiger partial charge in [-0.1, -0.05) is 13.8 Å². The largest absolute Gasteiger partial charge is 0.594 e. The van der Waals surface area contributed by atoms with Gasteiger partial charge < -0.3 is 13.8 Å². The summed E-state index contributed by atoms with van der Waals surface area (Å²) >= 11 is 0. The molecule has 0 amide bonds. The molecule has 1 radical (unpaired) electrons. The molecule has 0 aliphatic rings. The second kappa shape index (κ2) is 6.48. The molecule has 0 aromatic rings. The molecule has 4 heteroatoms. The van der Waals surface area contributed by atoms with E-state index in [0.29, 0.717) is 0 Å². The van der Waals surface area contributed by atoms with Crippen molar-refractivity contribution in [3.63, 3.8) is 0 Å². The lowest BCUT2D eigenvalue weighted by Crippen LogP contribution is -2.32. The number of likely N-dealkylation sites (N-methyl/N-ethyl adjacent to an activating group) is 1. The summed E-state index contributed by atoms with van der Waals surface area (Å²) in [5, 5.41) is 0. The van der Waals surface area contributed by atoms with E-state index >= 15 is 0 Å². The second-order valence-electron chi connectivity index (χ2n) is 2.50. The minimum Gasteiger partial charge on any atom is -0.517 e. The van der Waals surface area contributed by atoms with E-state index in [2.05, 4.69) is 18.7 Å². The SMILES string of the molecule is CCN(CC)CC(C)O[Si]=O. The molecule has 0 heterocycles. The minimum absolute atomic E-state index is 0.0748. The van der Waals surface area contributed by atoms with Gasteiger partial charge in [-0.25, -0.2) is 0 Å². The first-order valence-electron chi connectivity index (χ1n) is 3.99. The van der Waals surface area contributed by atoms with Crippen LogP contribution in [0.4, 0.5) is 0 Å². The normalized spacial score (nSPS) is 13.1. The highest BCUT2D eigenvalue weighted by Gasteiger charge is 2.06. The van der Waals surface area contributed by atoms with Crippen molar-refractivity contribution in [1.82, 2.24) is 4.90 Å². The summed E-state index contributed by atoms with van der Waals surface area (Å²) in [5.41, 5.74) is 0. The molecule has 0 aromatic heterocycles. The molecule has 1 atom stereocenters. The van der Waals surface area contributed by atoms with Crippen LogP contribution in [0.5, 0.6) is 0 Å². The van der Waals surface area contributed by atoms with Gasteiger partial charge >= 0.3 is 9.65 Å². The topological polar surface area (TPSA) is 29.5 Å². The molecular weight excluding hydrogens is 158 g/mol. The molecule has 0 aliphatic heterocycles. The predicted octanol–water partition coefficient (Wildman–Crippen LogP) is 0.698. The third kappa shape index (κ3) is 5.09. The Labute approximate surface area is 70.7 Å². The van der Waals surface area contributed by atoms with Crippen LogP contribution in [0.15, 0.2) is 0 Å². The van der Waals surface area contributed by atoms with Crippen LogP contribution in [0.1, 0.15) is 20.8 Å². The highest BCUT2D eigenvalue weighted by Crippen LogP contribution is 1.93. The van der Waals surface area contributed by atoms with Gasteiger partial charge in [-0.15, -0.1) is 0 Å². The Balaban J connectivity index is 3.52. The van der Waals surface area contributed by atoms with Crippen molar-refractivity contribution in [1.29, 1.82) is 0 Å². The van der Waals surface area contributed by atoms with E-state index in [1.54, 1.807) is 0 Å². The predicted molar refractivity (Wildman–Crippen MR) is 44.8 cm³/mol. The van der Waals surface area contributed by atoms with E-state index in [1.165, 1.54) is 0 Å². The summed E-state index contributed by atoms with van der Waals surface area (Å²) < 4.78 is 15.0. The van der Waals surface area contributed by atoms with Crippen molar-refractivity contribution in [3.8, 4) is 0 Å². The molecule has 65 valence electrons. The molecule has 0 spiro atoms. The number of nitrogens with zero attached hydrogens (tertiary/aromatic N) is 1. The van der Waals surface area contributed by atoms with Crippen LogP contribution in [0.25, 0.3) is 0 Å². The highest BCUT2D eigenvalue weighted by atomic mass is 28.2. The summed E-state index contributed by atoms with van der Waals surface area (Å²) in [5.74, 6) is 0. The van der Waals surface area contributed by atoms with Crippen LogP contribution < -0.4 is 0 Å². The Morgan fingerprint density at radius 2 is 2.00 bits per heavy atom. The van der Waals surface area contributed by atoms with Crippen LogP contribution in [0.2, 0.25) is 0 Å². The van der Waals surface area contributed by atoms with Gasteiger partial charge in [0.05, 0.1) is 6.10 Å². The van der Waals surface area contributed by atoms with E-state index in [0.717, 1.165) is 19.6 Å². The van der Waals surface area contributed by atoms with Crippen molar-refractivity contribution < 1.29 is 8.89 Å². The molecule has 11 heavy (non-hydrogen) atoms. The van der Waals surface area contributed by atoms with Gasteiger partial charge in [-0.2, -0.15) is 0 Å². The third-order valence-electron chi connectivity index (χ3n) is 1.66. The Morgan fingerprint density at radius 1 is 1.45 bits per heavy atom. The fraction of sp³-hybridized carbons (Fsp3) is 1.00. The molecule has 3 nitrogen and oxygen atoms in total. The molecule has 0 N–H and O–H groups in total. The summed E-state index contributed by atoms with van der Waals surface area (Å²) in [7, 11) is -0.636. The molecule has 0 saturated carbocycles. The van der Waals surface area contributed by atoms with Gasteiger partial charge in [-0.3, -0.25) is 0 Å². The lowest BCUT2D eigenvalue weighted by molar-refractivity contribution is 0.152. The summed E-state index contributed by atoms with van der Waals surface area (Å²) in [6.45, 7) is 9.05. The van der Waals surface area contributed by atoms with Gasteiger partial charge in [0.25, 0.3) is 0 Å². The first-order chi connectivity index (χ1) is 5.24. The maximum atomic E-state index is 10.1. The molecule has 0 aromatic carbocycles. The summed E-state index contributed by atoms with van der Waals surface area (Å²) in [4.78, 5) is 2.24. The van der Waals surface area contributed by atoms with Gasteiger partial charge in [0.15, 0.2) is 0 Å². The molecule has 0 fully saturated rings. The van der Waals surface area contributed by atoms with Gasteiger partial charge in [0.2, 0.25) is 0 Å². The fourth-order valence-corrected chi connectivity index (χ4v) is 1.20. The van der Waals surface area contributed by atoms with E-state index in [4.69, 9.17) is 4.43 Å². The monoisotopic (exact) mass is 174 g/mol. The average Bonchev–Trinajstić information content (AvgIpc) is 2.01. The molecule has 1 unspecified atom stereocenters. The van der Waals surface area contributed by atoms with Crippen molar-refractivity contribution in [2.45, 2.75) is 26.9 Å². The van der Waals surface area contributed by atoms with E-state index in [9.17, 15) is 4.46 Å². The molecule has 0 saturated heterocycles. The zero-order valence-electron chi connectivity index (χ0n) is 7.46. The number of hydrogen-bond acceptors (Lipinski definition) is 3. The Kier molecular flexibility index (Phi) is 6.35. The van der Waals surface area contributed by atoms with Crippen molar-refractivity contribution in [2.24, 2.45) is 0 Å². The number of hydrogen-bond donors (Lipinski definition) is 0. The third-order valence-corrected chi connectivity index (χ3v) is 2.16. The van der Waals surface area contributed by atoms with Crippen LogP contribution in [0.3, 0.4) is 0 Å². The maximum Gasteiger partial charge on any atom is 0.594 e. The molecular formula is C7H16NO2Si. The maximum absolute atomic E-state index is 10.1. The highest BCUT2D eigenvalue weighted by molar-refractivity contribution is 6.06. The Morgan fingerprint density at radius 3 is 2.36 bits per heavy atom. The van der Waals surface area contributed by atoms with Crippen LogP contribution in [-0.2, 0) is 8.89 Å². The van der Waals surface area contributed by atoms with E-state index in [1.807, 2.05) is 6.92 Å². The second-order valence-corrected chi connectivity index (χ2v) is 2.90. The fourth-order valence-electron chi connectivity index (χ4n) is 0.965. The zero-order chi connectivity index (χ0) is 8.69. The number of rotatable bonds is 6. The molecule has 0 rings (SSSR count). The Hall–Kier alpha value is -0.223. The van der Waals surface area contributed by atoms with Crippen LogP contribution >= 0.6 is 0 Å². The zero-order valence-corrected chi connectivity index (χ0v) is 8.46. The standard InChI is InChI=1S/C7H16NO2Si/c1-4-8(5-2)6-7(3)10-11-9/h7H,4-6H2,1-3H3. The quantitative estimate of drug-likeness (QED) is 0.555. The van der Waals surface area contributed by atoms with Crippen LogP contribution in [0, 0.1) is 0 Å². The first kappa shape index (κ1) is 10.8. The lowest BCUT2D eigenvalue weighted by atomic mass is 10.3. The minimum atomic E-state index is -0.636. The van der Waals surface area contributed by atoms with Gasteiger partial charge in [0.1, 0.15) is 0 Å². The molecule has 0 aliphatic carbocycles. The lowest BCUT2D eigenvalue weighted by Gasteiger charge is -2.21. The van der Waals surface area contributed by atoms with Crippen molar-refractivity contribution in [3.05, 3.63) is 0 Å². The molecule has 0 bridgehead atoms. The van der Waals surface area contributed by atoms with Crippen LogP contribution in [-0.4, -0.2) is 40.3 Å². The smallest absolute Gasteiger partial charge is 0.517 e. The van der Waals surface area contributed by atoms with Gasteiger partial charge in [0, 0.05) is 6.54 Å². The average molecular weight is 174 g/mol. The Bertz CT molecular complexity index is 107. The first-order valence-corrected chi connectivity index (χ1v) is 4.81. The van der Waals surface area contributed by atoms with Crippen molar-refractivity contribution in [2.75, 3.05) is 19.6 Å². The van der Waals surface area contributed by atoms with Crippen molar-refractivity contribution >= 4 is 9.65 Å². The van der Waals surface area contributed by atoms with E-state index < -0.39 is 9.65 Å². The summed E-state index contributed by atoms with van der Waals surface area (Å²) in [6, 6.07) is 0. The van der Waals surface area contributed by atoms with Gasteiger partial charge in [-0.05, 0) is 20.0 Å². The summed E-state index contributed by atoms with van der Waals surface area (Å²) in [6.07, 6.45) is 0.0748.